The summed E-state index contributed by atoms with van der Waals surface area (Å²) in [6.45, 7) is 3.23. The molecule has 0 aliphatic heterocycles. The van der Waals surface area contributed by atoms with Crippen LogP contribution in [0.4, 0.5) is 0 Å². The summed E-state index contributed by atoms with van der Waals surface area (Å²) in [5.41, 5.74) is 2.51. The van der Waals surface area contributed by atoms with E-state index in [1.165, 1.54) is 12.8 Å². The standard InChI is InChI=1S/C8H18N4/c1-3-6-4-7(6)5-11-8(10-2)12-9/h6-7H,3-5,9H2,1-2H3,(H2,10,11,12)/t6-,7+/m1/s1. The van der Waals surface area contributed by atoms with E-state index in [0.29, 0.717) is 5.96 Å². The molecular weight excluding hydrogens is 152 g/mol. The van der Waals surface area contributed by atoms with Crippen LogP contribution in [0.3, 0.4) is 0 Å². The molecule has 1 rings (SSSR count). The number of rotatable bonds is 3. The minimum atomic E-state index is 0.678. The van der Waals surface area contributed by atoms with Crippen molar-refractivity contribution in [2.45, 2.75) is 19.8 Å². The lowest BCUT2D eigenvalue weighted by Gasteiger charge is -2.06. The van der Waals surface area contributed by atoms with Crippen LogP contribution in [0.15, 0.2) is 4.99 Å². The second-order valence-corrected chi connectivity index (χ2v) is 3.26. The largest absolute Gasteiger partial charge is 0.355 e. The van der Waals surface area contributed by atoms with Gasteiger partial charge in [0.25, 0.3) is 0 Å². The van der Waals surface area contributed by atoms with Gasteiger partial charge in [0.1, 0.15) is 0 Å². The monoisotopic (exact) mass is 170 g/mol. The van der Waals surface area contributed by atoms with Crippen molar-refractivity contribution < 1.29 is 0 Å². The molecule has 1 aliphatic carbocycles. The molecule has 4 heteroatoms. The van der Waals surface area contributed by atoms with Crippen LogP contribution in [0.25, 0.3) is 0 Å². The maximum atomic E-state index is 5.21. The Bertz CT molecular complexity index is 166. The number of hydrogen-bond donors (Lipinski definition) is 3. The normalized spacial score (nSPS) is 28.4. The minimum absolute atomic E-state index is 0.678. The van der Waals surface area contributed by atoms with Crippen LogP contribution in [0.5, 0.6) is 0 Å². The first kappa shape index (κ1) is 9.32. The fraction of sp³-hybridized carbons (Fsp3) is 0.875. The molecule has 0 saturated heterocycles. The summed E-state index contributed by atoms with van der Waals surface area (Å²) in [4.78, 5) is 3.93. The summed E-state index contributed by atoms with van der Waals surface area (Å²) in [6, 6.07) is 0. The predicted octanol–water partition coefficient (Wildman–Crippen LogP) is 0.0712. The van der Waals surface area contributed by atoms with Gasteiger partial charge in [-0.25, -0.2) is 5.84 Å². The lowest BCUT2D eigenvalue weighted by Crippen LogP contribution is -2.42. The summed E-state index contributed by atoms with van der Waals surface area (Å²) >= 11 is 0. The number of guanidine groups is 1. The lowest BCUT2D eigenvalue weighted by atomic mass is 10.2. The van der Waals surface area contributed by atoms with Gasteiger partial charge in [-0.1, -0.05) is 13.3 Å². The molecule has 12 heavy (non-hydrogen) atoms. The van der Waals surface area contributed by atoms with Gasteiger partial charge in [0.05, 0.1) is 0 Å². The third-order valence-electron chi connectivity index (χ3n) is 2.49. The zero-order valence-corrected chi connectivity index (χ0v) is 7.80. The van der Waals surface area contributed by atoms with Gasteiger partial charge in [-0.3, -0.25) is 10.4 Å². The highest BCUT2D eigenvalue weighted by atomic mass is 15.3. The maximum absolute atomic E-state index is 5.21. The van der Waals surface area contributed by atoms with E-state index in [1.54, 1.807) is 7.05 Å². The van der Waals surface area contributed by atoms with Crippen molar-refractivity contribution in [3.63, 3.8) is 0 Å². The molecule has 1 saturated carbocycles. The molecule has 0 aromatic carbocycles. The Hall–Kier alpha value is -0.770. The second-order valence-electron chi connectivity index (χ2n) is 3.26. The lowest BCUT2D eigenvalue weighted by molar-refractivity contribution is 0.652. The quantitative estimate of drug-likeness (QED) is 0.243. The van der Waals surface area contributed by atoms with E-state index in [1.807, 2.05) is 0 Å². The van der Waals surface area contributed by atoms with Gasteiger partial charge in [0, 0.05) is 13.6 Å². The van der Waals surface area contributed by atoms with Crippen molar-refractivity contribution in [1.29, 1.82) is 0 Å². The molecule has 4 N–H and O–H groups in total. The Kier molecular flexibility index (Phi) is 3.34. The topological polar surface area (TPSA) is 62.4 Å². The van der Waals surface area contributed by atoms with E-state index >= 15 is 0 Å². The first-order valence-corrected chi connectivity index (χ1v) is 4.49. The molecule has 0 spiro atoms. The molecule has 2 atom stereocenters. The van der Waals surface area contributed by atoms with Gasteiger partial charge >= 0.3 is 0 Å². The first-order valence-electron chi connectivity index (χ1n) is 4.49. The Morgan fingerprint density at radius 3 is 2.75 bits per heavy atom. The van der Waals surface area contributed by atoms with Crippen LogP contribution in [0, 0.1) is 11.8 Å². The number of aliphatic imine (C=N–C) groups is 1. The van der Waals surface area contributed by atoms with Crippen LogP contribution in [-0.4, -0.2) is 19.6 Å². The third-order valence-corrected chi connectivity index (χ3v) is 2.49. The van der Waals surface area contributed by atoms with Crippen LogP contribution in [0.2, 0.25) is 0 Å². The molecule has 1 fully saturated rings. The average Bonchev–Trinajstić information content (AvgIpc) is 2.85. The zero-order chi connectivity index (χ0) is 8.97. The Labute approximate surface area is 73.6 Å². The number of nitrogens with zero attached hydrogens (tertiary/aromatic N) is 1. The van der Waals surface area contributed by atoms with E-state index in [4.69, 9.17) is 5.84 Å². The van der Waals surface area contributed by atoms with E-state index in [-0.39, 0.29) is 0 Å². The fourth-order valence-corrected chi connectivity index (χ4v) is 1.48. The van der Waals surface area contributed by atoms with Crippen LogP contribution in [-0.2, 0) is 0 Å². The van der Waals surface area contributed by atoms with E-state index in [0.717, 1.165) is 18.4 Å². The molecule has 0 heterocycles. The van der Waals surface area contributed by atoms with Crippen molar-refractivity contribution in [3.05, 3.63) is 0 Å². The van der Waals surface area contributed by atoms with Gasteiger partial charge < -0.3 is 5.32 Å². The molecule has 0 aromatic heterocycles. The van der Waals surface area contributed by atoms with Gasteiger partial charge in [0.15, 0.2) is 0 Å². The predicted molar refractivity (Wildman–Crippen MR) is 50.6 cm³/mol. The van der Waals surface area contributed by atoms with E-state index < -0.39 is 0 Å². The number of nitrogens with two attached hydrogens (primary N) is 1. The Morgan fingerprint density at radius 1 is 1.58 bits per heavy atom. The van der Waals surface area contributed by atoms with Crippen molar-refractivity contribution in [2.75, 3.05) is 13.6 Å². The molecule has 1 aliphatic rings. The minimum Gasteiger partial charge on any atom is -0.355 e. The molecule has 70 valence electrons. The Balaban J connectivity index is 2.10. The maximum Gasteiger partial charge on any atom is 0.205 e. The zero-order valence-electron chi connectivity index (χ0n) is 7.80. The average molecular weight is 170 g/mol. The Morgan fingerprint density at radius 2 is 2.33 bits per heavy atom. The van der Waals surface area contributed by atoms with Gasteiger partial charge in [-0.15, -0.1) is 0 Å². The van der Waals surface area contributed by atoms with E-state index in [2.05, 4.69) is 22.7 Å². The van der Waals surface area contributed by atoms with E-state index in [9.17, 15) is 0 Å². The first-order chi connectivity index (χ1) is 5.81. The molecule has 0 unspecified atom stereocenters. The summed E-state index contributed by atoms with van der Waals surface area (Å²) in [5.74, 6) is 7.65. The SMILES string of the molecule is CC[C@@H]1C[C@H]1CNC(=NC)NN. The highest BCUT2D eigenvalue weighted by Gasteiger charge is 2.34. The molecule has 0 amide bonds. The summed E-state index contributed by atoms with van der Waals surface area (Å²) in [6.07, 6.45) is 2.64. The molecule has 0 bridgehead atoms. The van der Waals surface area contributed by atoms with Crippen molar-refractivity contribution in [3.8, 4) is 0 Å². The van der Waals surface area contributed by atoms with Crippen LogP contribution in [0.1, 0.15) is 19.8 Å². The molecule has 0 aromatic rings. The highest BCUT2D eigenvalue weighted by molar-refractivity contribution is 5.78. The summed E-state index contributed by atoms with van der Waals surface area (Å²) in [5, 5.41) is 3.16. The fourth-order valence-electron chi connectivity index (χ4n) is 1.48. The third kappa shape index (κ3) is 2.37. The number of hydrazine groups is 1. The summed E-state index contributed by atoms with van der Waals surface area (Å²) in [7, 11) is 1.71. The molecule has 4 nitrogen and oxygen atoms in total. The molecule has 0 radical (unpaired) electrons. The summed E-state index contributed by atoms with van der Waals surface area (Å²) < 4.78 is 0. The van der Waals surface area contributed by atoms with Crippen LogP contribution < -0.4 is 16.6 Å². The van der Waals surface area contributed by atoms with Gasteiger partial charge in [0.2, 0.25) is 5.96 Å². The molecular formula is C8H18N4. The highest BCUT2D eigenvalue weighted by Crippen LogP contribution is 2.40. The van der Waals surface area contributed by atoms with Crippen molar-refractivity contribution in [1.82, 2.24) is 10.7 Å². The van der Waals surface area contributed by atoms with Gasteiger partial charge in [-0.2, -0.15) is 0 Å². The van der Waals surface area contributed by atoms with Crippen LogP contribution >= 0.6 is 0 Å². The van der Waals surface area contributed by atoms with Gasteiger partial charge in [-0.05, 0) is 18.3 Å². The number of nitrogens with one attached hydrogen (secondary N) is 2. The van der Waals surface area contributed by atoms with Crippen molar-refractivity contribution >= 4 is 5.96 Å². The van der Waals surface area contributed by atoms with Crippen molar-refractivity contribution in [2.24, 2.45) is 22.7 Å². The smallest absolute Gasteiger partial charge is 0.205 e. The number of hydrogen-bond acceptors (Lipinski definition) is 2. The second kappa shape index (κ2) is 4.30.